The second kappa shape index (κ2) is 4.71. The lowest BCUT2D eigenvalue weighted by atomic mass is 9.87. The zero-order valence-electron chi connectivity index (χ0n) is 9.64. The van der Waals surface area contributed by atoms with Crippen molar-refractivity contribution in [2.75, 3.05) is 6.54 Å². The van der Waals surface area contributed by atoms with Gasteiger partial charge in [0.15, 0.2) is 5.54 Å². The Morgan fingerprint density at radius 3 is 2.37 bits per heavy atom. The fourth-order valence-electron chi connectivity index (χ4n) is 2.28. The highest BCUT2D eigenvalue weighted by molar-refractivity contribution is 7.73. The number of nitrogens with zero attached hydrogens (tertiary/aromatic N) is 1. The Morgan fingerprint density at radius 2 is 1.89 bits per heavy atom. The molecule has 0 aromatic heterocycles. The molecule has 2 rings (SSSR count). The van der Waals surface area contributed by atoms with Gasteiger partial charge in [-0.15, -0.1) is 9.60 Å². The van der Waals surface area contributed by atoms with Crippen LogP contribution in [0.3, 0.4) is 0 Å². The SMILES string of the molecule is NC(=O)[C@@]1(c2ccc(F)cc2)C(=S(=O)=O)CCN1F. The average molecular weight is 288 g/mol. The van der Waals surface area contributed by atoms with E-state index in [2.05, 4.69) is 0 Å². The molecule has 1 aromatic rings. The highest BCUT2D eigenvalue weighted by Gasteiger charge is 2.54. The van der Waals surface area contributed by atoms with E-state index in [4.69, 9.17) is 5.73 Å². The summed E-state index contributed by atoms with van der Waals surface area (Å²) < 4.78 is 49.3. The third kappa shape index (κ3) is 1.92. The summed E-state index contributed by atoms with van der Waals surface area (Å²) in [5.41, 5.74) is 3.02. The Kier molecular flexibility index (Phi) is 3.38. The summed E-state index contributed by atoms with van der Waals surface area (Å²) in [6.07, 6.45) is -0.146. The molecule has 0 aliphatic carbocycles. The standard InChI is InChI=1S/C11H10F2N2O3S/c12-8-3-1-7(2-4-8)11(10(14)16)9(19(17)18)5-6-15(11)13/h1-4H,5-6H2,(H2,14,16)/t11-/m1/s1. The minimum absolute atomic E-state index is 0.0133. The second-order valence-corrected chi connectivity index (χ2v) is 5.04. The van der Waals surface area contributed by atoms with E-state index >= 15 is 0 Å². The van der Waals surface area contributed by atoms with Gasteiger partial charge in [0.25, 0.3) is 5.91 Å². The van der Waals surface area contributed by atoms with Crippen LogP contribution < -0.4 is 5.73 Å². The third-order valence-electron chi connectivity index (χ3n) is 3.12. The predicted molar refractivity (Wildman–Crippen MR) is 63.6 cm³/mol. The van der Waals surface area contributed by atoms with Gasteiger partial charge in [-0.1, -0.05) is 12.1 Å². The van der Waals surface area contributed by atoms with Crippen molar-refractivity contribution in [3.05, 3.63) is 35.6 Å². The first-order valence-corrected chi connectivity index (χ1v) is 6.43. The topological polar surface area (TPSA) is 80.5 Å². The first-order chi connectivity index (χ1) is 8.90. The number of carbonyl (C=O) groups is 1. The van der Waals surface area contributed by atoms with Crippen molar-refractivity contribution in [3.8, 4) is 0 Å². The number of hydrogen-bond donors (Lipinski definition) is 1. The molecule has 1 saturated heterocycles. The lowest BCUT2D eigenvalue weighted by Gasteiger charge is -2.29. The van der Waals surface area contributed by atoms with E-state index in [0.29, 0.717) is 0 Å². The van der Waals surface area contributed by atoms with E-state index in [1.165, 1.54) is 0 Å². The highest BCUT2D eigenvalue weighted by atomic mass is 32.2. The van der Waals surface area contributed by atoms with Gasteiger partial charge in [-0.3, -0.25) is 4.79 Å². The summed E-state index contributed by atoms with van der Waals surface area (Å²) in [6.45, 7) is -0.274. The van der Waals surface area contributed by atoms with Crippen LogP contribution in [0.25, 0.3) is 0 Å². The van der Waals surface area contributed by atoms with E-state index in [1.807, 2.05) is 0 Å². The highest BCUT2D eigenvalue weighted by Crippen LogP contribution is 2.36. The van der Waals surface area contributed by atoms with Gasteiger partial charge in [-0.05, 0) is 17.7 Å². The van der Waals surface area contributed by atoms with Gasteiger partial charge in [0.05, 0.1) is 4.86 Å². The van der Waals surface area contributed by atoms with Gasteiger partial charge in [-0.2, -0.15) is 8.42 Å². The van der Waals surface area contributed by atoms with Crippen molar-refractivity contribution in [3.63, 3.8) is 0 Å². The van der Waals surface area contributed by atoms with Crippen molar-refractivity contribution in [2.24, 2.45) is 5.73 Å². The smallest absolute Gasteiger partial charge is 0.250 e. The minimum atomic E-state index is -2.77. The summed E-state index contributed by atoms with van der Waals surface area (Å²) in [6, 6.07) is 4.31. The van der Waals surface area contributed by atoms with Crippen LogP contribution in [0.15, 0.2) is 24.3 Å². The molecule has 0 saturated carbocycles. The number of carbonyl (C=O) groups excluding carboxylic acids is 1. The Morgan fingerprint density at radius 1 is 1.32 bits per heavy atom. The molecule has 19 heavy (non-hydrogen) atoms. The molecule has 0 bridgehead atoms. The maximum Gasteiger partial charge on any atom is 0.250 e. The van der Waals surface area contributed by atoms with Gasteiger partial charge in [0, 0.05) is 13.0 Å². The molecule has 1 aromatic carbocycles. The van der Waals surface area contributed by atoms with Crippen molar-refractivity contribution in [1.82, 2.24) is 5.12 Å². The lowest BCUT2D eigenvalue weighted by Crippen LogP contribution is -2.52. The van der Waals surface area contributed by atoms with Crippen molar-refractivity contribution in [2.45, 2.75) is 12.0 Å². The van der Waals surface area contributed by atoms with Crippen molar-refractivity contribution >= 4 is 21.1 Å². The largest absolute Gasteiger partial charge is 0.367 e. The third-order valence-corrected chi connectivity index (χ3v) is 4.02. The maximum absolute atomic E-state index is 14.0. The van der Waals surface area contributed by atoms with Gasteiger partial charge in [0.2, 0.25) is 10.3 Å². The Labute approximate surface area is 109 Å². The molecular formula is C11H10F2N2O3S. The number of rotatable bonds is 2. The maximum atomic E-state index is 14.0. The minimum Gasteiger partial charge on any atom is -0.367 e. The van der Waals surface area contributed by atoms with Crippen LogP contribution in [-0.2, 0) is 20.6 Å². The van der Waals surface area contributed by atoms with Crippen LogP contribution in [-0.4, -0.2) is 30.9 Å². The molecule has 1 heterocycles. The molecule has 1 fully saturated rings. The van der Waals surface area contributed by atoms with E-state index < -0.39 is 27.6 Å². The van der Waals surface area contributed by atoms with Gasteiger partial charge in [-0.25, -0.2) is 4.39 Å². The van der Waals surface area contributed by atoms with E-state index in [1.54, 1.807) is 0 Å². The molecule has 1 atom stereocenters. The molecular weight excluding hydrogens is 278 g/mol. The summed E-state index contributed by atoms with van der Waals surface area (Å²) in [5, 5.41) is 0.0771. The molecule has 0 unspecified atom stereocenters. The fraction of sp³-hybridized carbons (Fsp3) is 0.273. The van der Waals surface area contributed by atoms with Crippen LogP contribution in [0.1, 0.15) is 12.0 Å². The molecule has 1 aliphatic rings. The molecule has 8 heteroatoms. The Balaban J connectivity index is 2.77. The van der Waals surface area contributed by atoms with Gasteiger partial charge < -0.3 is 5.73 Å². The molecule has 0 radical (unpaired) electrons. The van der Waals surface area contributed by atoms with Gasteiger partial charge in [0.1, 0.15) is 5.82 Å². The van der Waals surface area contributed by atoms with Crippen LogP contribution in [0.5, 0.6) is 0 Å². The zero-order valence-corrected chi connectivity index (χ0v) is 10.5. The number of hydrogen-bond acceptors (Lipinski definition) is 4. The van der Waals surface area contributed by atoms with E-state index in [-0.39, 0.29) is 28.5 Å². The molecule has 0 spiro atoms. The monoisotopic (exact) mass is 288 g/mol. The van der Waals surface area contributed by atoms with Crippen molar-refractivity contribution < 1.29 is 22.1 Å². The molecule has 1 aliphatic heterocycles. The summed E-state index contributed by atoms with van der Waals surface area (Å²) >= 11 is 0. The van der Waals surface area contributed by atoms with E-state index in [9.17, 15) is 22.1 Å². The predicted octanol–water partition coefficient (Wildman–Crippen LogP) is 0.148. The quantitative estimate of drug-likeness (QED) is 0.620. The number of amides is 1. The Bertz CT molecular complexity index is 649. The first-order valence-electron chi connectivity index (χ1n) is 5.35. The van der Waals surface area contributed by atoms with E-state index in [0.717, 1.165) is 24.3 Å². The summed E-state index contributed by atoms with van der Waals surface area (Å²) in [5.74, 6) is -1.74. The summed E-state index contributed by atoms with van der Waals surface area (Å²) in [4.78, 5) is 11.3. The van der Waals surface area contributed by atoms with Crippen LogP contribution in [0.4, 0.5) is 8.87 Å². The summed E-state index contributed by atoms with van der Waals surface area (Å²) in [7, 11) is -2.77. The number of nitrogens with two attached hydrogens (primary N) is 1. The van der Waals surface area contributed by atoms with Crippen LogP contribution >= 0.6 is 0 Å². The lowest BCUT2D eigenvalue weighted by molar-refractivity contribution is -0.135. The fourth-order valence-corrected chi connectivity index (χ4v) is 3.10. The van der Waals surface area contributed by atoms with Gasteiger partial charge >= 0.3 is 0 Å². The Hall–Kier alpha value is -1.80. The van der Waals surface area contributed by atoms with Crippen molar-refractivity contribution in [1.29, 1.82) is 0 Å². The number of halogens is 2. The molecule has 102 valence electrons. The molecule has 1 amide bonds. The number of benzene rings is 1. The number of primary amides is 1. The first kappa shape index (κ1) is 13.6. The second-order valence-electron chi connectivity index (χ2n) is 4.08. The molecule has 5 nitrogen and oxygen atoms in total. The zero-order chi connectivity index (χ0) is 14.2. The normalized spacial score (nSPS) is 23.6. The molecule has 2 N–H and O–H groups in total. The van der Waals surface area contributed by atoms with Crippen LogP contribution in [0, 0.1) is 5.82 Å². The average Bonchev–Trinajstić information content (AvgIpc) is 2.69. The van der Waals surface area contributed by atoms with Crippen LogP contribution in [0.2, 0.25) is 0 Å².